The molecule has 2 heterocycles. The van der Waals surface area contributed by atoms with Crippen molar-refractivity contribution in [3.05, 3.63) is 33.0 Å². The van der Waals surface area contributed by atoms with Crippen LogP contribution in [0, 0.1) is 6.92 Å². The van der Waals surface area contributed by atoms with Crippen LogP contribution in [-0.4, -0.2) is 18.4 Å². The molecule has 1 N–H and O–H groups in total. The second-order valence-electron chi connectivity index (χ2n) is 3.92. The van der Waals surface area contributed by atoms with E-state index in [2.05, 4.69) is 14.7 Å². The first-order chi connectivity index (χ1) is 9.33. The van der Waals surface area contributed by atoms with Gasteiger partial charge in [0, 0.05) is 11.1 Å². The lowest BCUT2D eigenvalue weighted by molar-refractivity contribution is 0.601. The highest BCUT2D eigenvalue weighted by atomic mass is 35.5. The van der Waals surface area contributed by atoms with E-state index in [1.807, 2.05) is 13.8 Å². The van der Waals surface area contributed by atoms with Crippen molar-refractivity contribution in [3.8, 4) is 0 Å². The van der Waals surface area contributed by atoms with E-state index in [9.17, 15) is 8.42 Å². The van der Waals surface area contributed by atoms with Crippen molar-refractivity contribution in [2.24, 2.45) is 0 Å². The van der Waals surface area contributed by atoms with E-state index in [4.69, 9.17) is 23.2 Å². The molecule has 20 heavy (non-hydrogen) atoms. The zero-order valence-corrected chi connectivity index (χ0v) is 13.8. The Morgan fingerprint density at radius 1 is 1.40 bits per heavy atom. The molecule has 0 atom stereocenters. The fraction of sp³-hybridized carbons (Fsp3) is 0.273. The number of nitrogens with zero attached hydrogens (tertiary/aromatic N) is 2. The summed E-state index contributed by atoms with van der Waals surface area (Å²) in [6.07, 6.45) is 1.90. The minimum absolute atomic E-state index is 0.0576. The number of hydrogen-bond acceptors (Lipinski definition) is 5. The molecule has 5 nitrogen and oxygen atoms in total. The molecule has 0 saturated carbocycles. The van der Waals surface area contributed by atoms with Gasteiger partial charge in [-0.1, -0.05) is 30.1 Å². The maximum atomic E-state index is 12.2. The lowest BCUT2D eigenvalue weighted by Crippen LogP contribution is -2.13. The van der Waals surface area contributed by atoms with Gasteiger partial charge in [-0.15, -0.1) is 11.3 Å². The Hall–Kier alpha value is -0.890. The molecule has 9 heteroatoms. The molecule has 0 unspecified atom stereocenters. The highest BCUT2D eigenvalue weighted by Gasteiger charge is 2.19. The highest BCUT2D eigenvalue weighted by Crippen LogP contribution is 2.27. The van der Waals surface area contributed by atoms with E-state index in [0.29, 0.717) is 5.13 Å². The standard InChI is InChI=1S/C11H11Cl2N3O2S2/c1-3-9-6(2)19-11(15-9)16-20(17,18)7-4-8(12)10(13)14-5-7/h4-5H,3H2,1-2H3,(H,15,16). The third-order valence-corrected chi connectivity index (χ3v) is 5.58. The summed E-state index contributed by atoms with van der Waals surface area (Å²) >= 11 is 12.7. The predicted molar refractivity (Wildman–Crippen MR) is 81.3 cm³/mol. The first-order valence-corrected chi connectivity index (χ1v) is 8.69. The number of aromatic nitrogens is 2. The van der Waals surface area contributed by atoms with E-state index < -0.39 is 10.0 Å². The van der Waals surface area contributed by atoms with Gasteiger partial charge in [-0.05, 0) is 19.4 Å². The molecule has 0 aliphatic rings. The Morgan fingerprint density at radius 3 is 2.65 bits per heavy atom. The lowest BCUT2D eigenvalue weighted by Gasteiger charge is -2.05. The maximum Gasteiger partial charge on any atom is 0.265 e. The Balaban J connectivity index is 2.32. The van der Waals surface area contributed by atoms with E-state index >= 15 is 0 Å². The van der Waals surface area contributed by atoms with Gasteiger partial charge in [0.1, 0.15) is 10.0 Å². The number of anilines is 1. The van der Waals surface area contributed by atoms with Crippen LogP contribution in [0.5, 0.6) is 0 Å². The van der Waals surface area contributed by atoms with Crippen LogP contribution in [0.3, 0.4) is 0 Å². The van der Waals surface area contributed by atoms with Gasteiger partial charge in [0.15, 0.2) is 5.13 Å². The summed E-state index contributed by atoms with van der Waals surface area (Å²) in [6.45, 7) is 3.86. The van der Waals surface area contributed by atoms with Crippen molar-refractivity contribution in [2.75, 3.05) is 4.72 Å². The van der Waals surface area contributed by atoms with Crippen LogP contribution >= 0.6 is 34.5 Å². The molecule has 0 spiro atoms. The number of halogens is 2. The third kappa shape index (κ3) is 3.22. The Morgan fingerprint density at radius 2 is 2.10 bits per heavy atom. The Kier molecular flexibility index (Phi) is 4.53. The molecular formula is C11H11Cl2N3O2S2. The summed E-state index contributed by atoms with van der Waals surface area (Å²) in [4.78, 5) is 8.88. The summed E-state index contributed by atoms with van der Waals surface area (Å²) in [5.41, 5.74) is 0.875. The summed E-state index contributed by atoms with van der Waals surface area (Å²) in [5, 5.41) is 0.466. The molecule has 0 aliphatic carbocycles. The van der Waals surface area contributed by atoms with Crippen LogP contribution in [-0.2, 0) is 16.4 Å². The van der Waals surface area contributed by atoms with Gasteiger partial charge in [-0.2, -0.15) is 0 Å². The minimum atomic E-state index is -3.77. The normalized spacial score (nSPS) is 11.6. The van der Waals surface area contributed by atoms with Crippen molar-refractivity contribution in [2.45, 2.75) is 25.2 Å². The fourth-order valence-corrected chi connectivity index (χ4v) is 3.97. The van der Waals surface area contributed by atoms with Crippen LogP contribution in [0.25, 0.3) is 0 Å². The van der Waals surface area contributed by atoms with Crippen molar-refractivity contribution >= 4 is 49.7 Å². The fourth-order valence-electron chi connectivity index (χ4n) is 1.52. The molecule has 0 aromatic carbocycles. The van der Waals surface area contributed by atoms with Gasteiger partial charge in [0.25, 0.3) is 10.0 Å². The number of nitrogens with one attached hydrogen (secondary N) is 1. The lowest BCUT2D eigenvalue weighted by atomic mass is 10.3. The van der Waals surface area contributed by atoms with E-state index in [0.717, 1.165) is 23.2 Å². The average Bonchev–Trinajstić information content (AvgIpc) is 2.71. The average molecular weight is 352 g/mol. The number of hydrogen-bond donors (Lipinski definition) is 1. The zero-order valence-electron chi connectivity index (χ0n) is 10.6. The van der Waals surface area contributed by atoms with Crippen molar-refractivity contribution in [3.63, 3.8) is 0 Å². The van der Waals surface area contributed by atoms with Crippen LogP contribution in [0.4, 0.5) is 5.13 Å². The zero-order chi connectivity index (χ0) is 14.9. The molecule has 0 amide bonds. The number of rotatable bonds is 4. The quantitative estimate of drug-likeness (QED) is 0.855. The van der Waals surface area contributed by atoms with Gasteiger partial charge in [-0.3, -0.25) is 4.72 Å². The molecule has 0 fully saturated rings. The highest BCUT2D eigenvalue weighted by molar-refractivity contribution is 7.93. The molecule has 0 radical (unpaired) electrons. The maximum absolute atomic E-state index is 12.2. The SMILES string of the molecule is CCc1nc(NS(=O)(=O)c2cnc(Cl)c(Cl)c2)sc1C. The second kappa shape index (κ2) is 5.85. The smallest absolute Gasteiger partial charge is 0.255 e. The summed E-state index contributed by atoms with van der Waals surface area (Å²) in [5.74, 6) is 0. The van der Waals surface area contributed by atoms with Crippen molar-refractivity contribution < 1.29 is 8.42 Å². The van der Waals surface area contributed by atoms with Crippen LogP contribution in [0.1, 0.15) is 17.5 Å². The van der Waals surface area contributed by atoms with E-state index in [1.54, 1.807) is 0 Å². The molecule has 0 bridgehead atoms. The molecule has 108 valence electrons. The topological polar surface area (TPSA) is 72.0 Å². The Labute approximate surface area is 131 Å². The van der Waals surface area contributed by atoms with Gasteiger partial charge < -0.3 is 0 Å². The minimum Gasteiger partial charge on any atom is -0.255 e. The molecule has 2 aromatic heterocycles. The summed E-state index contributed by atoms with van der Waals surface area (Å²) in [6, 6.07) is 1.25. The number of thiazole rings is 1. The van der Waals surface area contributed by atoms with Crippen molar-refractivity contribution in [1.82, 2.24) is 9.97 Å². The van der Waals surface area contributed by atoms with Crippen LogP contribution < -0.4 is 4.72 Å². The van der Waals surface area contributed by atoms with Crippen LogP contribution in [0.15, 0.2) is 17.2 Å². The first-order valence-electron chi connectivity index (χ1n) is 5.63. The van der Waals surface area contributed by atoms with Gasteiger partial charge in [0.2, 0.25) is 0 Å². The molecule has 2 aromatic rings. The molecule has 0 aliphatic heterocycles. The molecule has 2 rings (SSSR count). The van der Waals surface area contributed by atoms with Gasteiger partial charge >= 0.3 is 0 Å². The third-order valence-electron chi connectivity index (χ3n) is 2.53. The first kappa shape index (κ1) is 15.5. The number of sulfonamides is 1. The van der Waals surface area contributed by atoms with Crippen molar-refractivity contribution in [1.29, 1.82) is 0 Å². The van der Waals surface area contributed by atoms with E-state index in [-0.39, 0.29) is 15.1 Å². The number of pyridine rings is 1. The van der Waals surface area contributed by atoms with Gasteiger partial charge in [0.05, 0.1) is 10.7 Å². The predicted octanol–water partition coefficient (Wildman–Crippen LogP) is 3.52. The van der Waals surface area contributed by atoms with Gasteiger partial charge in [-0.25, -0.2) is 18.4 Å². The summed E-state index contributed by atoms with van der Waals surface area (Å²) < 4.78 is 26.8. The Bertz CT molecular complexity index is 744. The van der Waals surface area contributed by atoms with Crippen LogP contribution in [0.2, 0.25) is 10.2 Å². The largest absolute Gasteiger partial charge is 0.265 e. The van der Waals surface area contributed by atoms with E-state index in [1.165, 1.54) is 17.4 Å². The second-order valence-corrected chi connectivity index (χ2v) is 7.58. The summed E-state index contributed by atoms with van der Waals surface area (Å²) in [7, 11) is -3.77. The monoisotopic (exact) mass is 351 g/mol. The molecule has 0 saturated heterocycles. The number of aryl methyl sites for hydroxylation is 2. The molecular weight excluding hydrogens is 341 g/mol.